The van der Waals surface area contributed by atoms with E-state index in [1.54, 1.807) is 0 Å². The second-order valence-corrected chi connectivity index (χ2v) is 6.33. The Morgan fingerprint density at radius 3 is 1.56 bits per heavy atom. The van der Waals surface area contributed by atoms with E-state index in [1.807, 2.05) is 60.7 Å². The van der Waals surface area contributed by atoms with Crippen molar-refractivity contribution in [3.05, 3.63) is 71.8 Å². The van der Waals surface area contributed by atoms with Crippen molar-refractivity contribution in [2.45, 2.75) is 18.1 Å². The molecular weight excluding hydrogens is 264 g/mol. The van der Waals surface area contributed by atoms with E-state index in [2.05, 4.69) is 0 Å². The fraction of sp³-hybridized carbons (Fsp3) is 0.200. The highest BCUT2D eigenvalue weighted by Crippen LogP contribution is 2.15. The number of rotatable bonds is 5. The molecule has 94 valence electrons. The monoisotopic (exact) mass is 278 g/mol. The van der Waals surface area contributed by atoms with Crippen LogP contribution in [0.2, 0.25) is 0 Å². The average Bonchev–Trinajstić information content (AvgIpc) is 2.40. The van der Waals surface area contributed by atoms with E-state index in [0.717, 1.165) is 12.8 Å². The van der Waals surface area contributed by atoms with Crippen LogP contribution in [0.4, 0.5) is 0 Å². The van der Waals surface area contributed by atoms with E-state index in [9.17, 15) is 4.21 Å². The van der Waals surface area contributed by atoms with Crippen LogP contribution in [0.3, 0.4) is 0 Å². The summed E-state index contributed by atoms with van der Waals surface area (Å²) in [6, 6.07) is 20.1. The molecule has 18 heavy (non-hydrogen) atoms. The largest absolute Gasteiger partial charge is 0.242 e. The zero-order valence-corrected chi connectivity index (χ0v) is 11.5. The number of hydrogen-bond acceptors (Lipinski definition) is 1. The highest BCUT2D eigenvalue weighted by atomic mass is 35.7. The molecule has 3 heteroatoms. The Morgan fingerprint density at radius 2 is 1.22 bits per heavy atom. The molecule has 0 aliphatic heterocycles. The predicted molar refractivity (Wildman–Crippen MR) is 78.1 cm³/mol. The maximum atomic E-state index is 11.6. The van der Waals surface area contributed by atoms with Gasteiger partial charge in [0, 0.05) is 0 Å². The first-order valence-electron chi connectivity index (χ1n) is 5.90. The molecule has 0 bridgehead atoms. The van der Waals surface area contributed by atoms with Gasteiger partial charge in [-0.05, 0) is 34.7 Å². The summed E-state index contributed by atoms with van der Waals surface area (Å²) in [5.74, 6) is 0. The quantitative estimate of drug-likeness (QED) is 0.762. The van der Waals surface area contributed by atoms with Crippen LogP contribution in [0.25, 0.3) is 0 Å². The van der Waals surface area contributed by atoms with Crippen molar-refractivity contribution in [3.63, 3.8) is 0 Å². The summed E-state index contributed by atoms with van der Waals surface area (Å²) >= 11 is 0. The summed E-state index contributed by atoms with van der Waals surface area (Å²) < 4.78 is 11.6. The lowest BCUT2D eigenvalue weighted by atomic mass is 10.0. The van der Waals surface area contributed by atoms with Gasteiger partial charge in [-0.1, -0.05) is 60.7 Å². The molecule has 0 saturated carbocycles. The van der Waals surface area contributed by atoms with Crippen LogP contribution in [0.1, 0.15) is 11.1 Å². The second kappa shape index (κ2) is 6.72. The van der Waals surface area contributed by atoms with E-state index in [4.69, 9.17) is 10.7 Å². The fourth-order valence-electron chi connectivity index (χ4n) is 1.96. The van der Waals surface area contributed by atoms with Crippen LogP contribution < -0.4 is 0 Å². The molecule has 0 radical (unpaired) electrons. The van der Waals surface area contributed by atoms with Crippen molar-refractivity contribution in [2.75, 3.05) is 0 Å². The van der Waals surface area contributed by atoms with Gasteiger partial charge >= 0.3 is 0 Å². The molecule has 0 aromatic heterocycles. The van der Waals surface area contributed by atoms with Crippen LogP contribution in [-0.2, 0) is 22.9 Å². The highest BCUT2D eigenvalue weighted by Gasteiger charge is 2.16. The Bertz CT molecular complexity index is 457. The number of halogens is 1. The molecule has 0 spiro atoms. The topological polar surface area (TPSA) is 17.1 Å². The van der Waals surface area contributed by atoms with Crippen LogP contribution in [0, 0.1) is 0 Å². The van der Waals surface area contributed by atoms with Gasteiger partial charge in [0.1, 0.15) is 10.0 Å². The molecular formula is C15H15ClOS. The Kier molecular flexibility index (Phi) is 4.97. The molecule has 0 N–H and O–H groups in total. The number of benzene rings is 2. The third-order valence-electron chi connectivity index (χ3n) is 2.87. The van der Waals surface area contributed by atoms with Gasteiger partial charge < -0.3 is 0 Å². The van der Waals surface area contributed by atoms with Gasteiger partial charge in [-0.15, -0.1) is 0 Å². The summed E-state index contributed by atoms with van der Waals surface area (Å²) in [7, 11) is 4.48. The zero-order chi connectivity index (χ0) is 12.8. The highest BCUT2D eigenvalue weighted by molar-refractivity contribution is 8.08. The molecule has 0 aliphatic rings. The van der Waals surface area contributed by atoms with E-state index < -0.39 is 10.0 Å². The molecule has 2 rings (SSSR count). The molecule has 2 aromatic carbocycles. The minimum atomic E-state index is -1.33. The van der Waals surface area contributed by atoms with Crippen molar-refractivity contribution < 1.29 is 4.21 Å². The van der Waals surface area contributed by atoms with Gasteiger partial charge in [-0.25, -0.2) is 4.21 Å². The van der Waals surface area contributed by atoms with Crippen LogP contribution in [0.5, 0.6) is 0 Å². The second-order valence-electron chi connectivity index (χ2n) is 4.25. The minimum absolute atomic E-state index is 0.0449. The Balaban J connectivity index is 2.08. The van der Waals surface area contributed by atoms with Crippen molar-refractivity contribution in [1.82, 2.24) is 0 Å². The Labute approximate surface area is 115 Å². The minimum Gasteiger partial charge on any atom is -0.242 e. The third-order valence-corrected chi connectivity index (χ3v) is 4.49. The van der Waals surface area contributed by atoms with Gasteiger partial charge in [0.15, 0.2) is 0 Å². The fourth-order valence-corrected chi connectivity index (χ4v) is 2.98. The van der Waals surface area contributed by atoms with Crippen LogP contribution >= 0.6 is 10.7 Å². The first-order chi connectivity index (χ1) is 8.75. The van der Waals surface area contributed by atoms with Crippen LogP contribution in [0.15, 0.2) is 60.7 Å². The molecule has 0 saturated heterocycles. The summed E-state index contributed by atoms with van der Waals surface area (Å²) in [4.78, 5) is 0. The van der Waals surface area contributed by atoms with Gasteiger partial charge in [-0.3, -0.25) is 0 Å². The van der Waals surface area contributed by atoms with Gasteiger partial charge in [0.25, 0.3) is 0 Å². The molecule has 0 aliphatic carbocycles. The van der Waals surface area contributed by atoms with Gasteiger partial charge in [0.2, 0.25) is 0 Å². The van der Waals surface area contributed by atoms with Gasteiger partial charge in [0.05, 0.1) is 5.25 Å². The first-order valence-corrected chi connectivity index (χ1v) is 7.94. The molecule has 0 amide bonds. The Hall–Kier alpha value is -1.12. The maximum absolute atomic E-state index is 11.6. The smallest absolute Gasteiger partial charge is 0.118 e. The molecule has 1 atom stereocenters. The summed E-state index contributed by atoms with van der Waals surface area (Å²) in [6.45, 7) is 0. The SMILES string of the molecule is O=S(Cl)C(Cc1ccccc1)Cc1ccccc1. The lowest BCUT2D eigenvalue weighted by molar-refractivity contribution is 0.674. The summed E-state index contributed by atoms with van der Waals surface area (Å²) in [5.41, 5.74) is 2.35. The van der Waals surface area contributed by atoms with E-state index in [1.165, 1.54) is 11.1 Å². The van der Waals surface area contributed by atoms with Crippen molar-refractivity contribution in [3.8, 4) is 0 Å². The number of hydrogen-bond donors (Lipinski definition) is 0. The maximum Gasteiger partial charge on any atom is 0.118 e. The molecule has 0 heterocycles. The lowest BCUT2D eigenvalue weighted by Crippen LogP contribution is -2.17. The zero-order valence-electron chi connectivity index (χ0n) is 9.96. The third kappa shape index (κ3) is 3.97. The Morgan fingerprint density at radius 1 is 0.833 bits per heavy atom. The van der Waals surface area contributed by atoms with Crippen molar-refractivity contribution in [1.29, 1.82) is 0 Å². The molecule has 0 fully saturated rings. The van der Waals surface area contributed by atoms with Crippen LogP contribution in [-0.4, -0.2) is 9.46 Å². The summed E-state index contributed by atoms with van der Waals surface area (Å²) in [5, 5.41) is -0.0449. The molecule has 1 nitrogen and oxygen atoms in total. The average molecular weight is 279 g/mol. The van der Waals surface area contributed by atoms with Gasteiger partial charge in [-0.2, -0.15) is 0 Å². The van der Waals surface area contributed by atoms with E-state index in [-0.39, 0.29) is 5.25 Å². The predicted octanol–water partition coefficient (Wildman–Crippen LogP) is 3.74. The molecule has 1 unspecified atom stereocenters. The standard InChI is InChI=1S/C15H15ClOS/c16-18(17)15(11-13-7-3-1-4-8-13)12-14-9-5-2-6-10-14/h1-10,15H,11-12H2. The normalized spacial score (nSPS) is 12.6. The first kappa shape index (κ1) is 13.3. The van der Waals surface area contributed by atoms with E-state index >= 15 is 0 Å². The van der Waals surface area contributed by atoms with Crippen molar-refractivity contribution >= 4 is 20.7 Å². The molecule has 2 aromatic rings. The van der Waals surface area contributed by atoms with E-state index in [0.29, 0.717) is 0 Å². The summed E-state index contributed by atoms with van der Waals surface area (Å²) in [6.07, 6.45) is 1.48. The van der Waals surface area contributed by atoms with Crippen molar-refractivity contribution in [2.24, 2.45) is 0 Å². The lowest BCUT2D eigenvalue weighted by Gasteiger charge is -2.13.